The van der Waals surface area contributed by atoms with Gasteiger partial charge in [0, 0.05) is 19.8 Å². The molecular weight excluding hydrogens is 342 g/mol. The van der Waals surface area contributed by atoms with Crippen LogP contribution in [-0.4, -0.2) is 75.8 Å². The van der Waals surface area contributed by atoms with Crippen LogP contribution in [0.2, 0.25) is 0 Å². The largest absolute Gasteiger partial charge is 0.477 e. The predicted octanol–water partition coefficient (Wildman–Crippen LogP) is -0.899. The van der Waals surface area contributed by atoms with Crippen LogP contribution in [0.15, 0.2) is 0 Å². The van der Waals surface area contributed by atoms with E-state index in [2.05, 4.69) is 5.32 Å². The number of hydrogen-bond acceptors (Lipinski definition) is 8. The molecule has 0 aromatic rings. The van der Waals surface area contributed by atoms with E-state index < -0.39 is 42.5 Å². The molecule has 0 spiro atoms. The highest BCUT2D eigenvalue weighted by Gasteiger charge is 2.52. The summed E-state index contributed by atoms with van der Waals surface area (Å²) in [5.41, 5.74) is 0. The Kier molecular flexibility index (Phi) is 8.63. The summed E-state index contributed by atoms with van der Waals surface area (Å²) >= 11 is 1.53. The van der Waals surface area contributed by atoms with Gasteiger partial charge in [-0.05, 0) is 17.9 Å². The summed E-state index contributed by atoms with van der Waals surface area (Å²) in [6.45, 7) is 1.25. The van der Waals surface area contributed by atoms with Crippen molar-refractivity contribution in [2.45, 2.75) is 50.4 Å². The van der Waals surface area contributed by atoms with E-state index in [0.29, 0.717) is 24.3 Å². The molecular formula is C14H23NO8S. The van der Waals surface area contributed by atoms with E-state index in [1.807, 2.05) is 0 Å². The molecule has 1 unspecified atom stereocenters. The summed E-state index contributed by atoms with van der Waals surface area (Å²) in [5.74, 6) is -2.77. The number of ether oxygens (including phenoxy) is 2. The molecule has 0 saturated carbocycles. The van der Waals surface area contributed by atoms with E-state index in [0.717, 1.165) is 6.29 Å². The average Bonchev–Trinajstić information content (AvgIpc) is 2.49. The number of carbonyl (C=O) groups is 3. The van der Waals surface area contributed by atoms with Gasteiger partial charge < -0.3 is 34.9 Å². The van der Waals surface area contributed by atoms with Crippen molar-refractivity contribution in [3.05, 3.63) is 0 Å². The molecule has 1 aliphatic heterocycles. The van der Waals surface area contributed by atoms with Crippen molar-refractivity contribution in [3.63, 3.8) is 0 Å². The molecule has 10 heteroatoms. The molecule has 1 saturated heterocycles. The van der Waals surface area contributed by atoms with Crippen LogP contribution in [-0.2, 0) is 23.9 Å². The standard InChI is InChI=1S/C14H23NO8S/c1-9(17)15-11-10(18)8-14(13(20)21,23-12(11)19)22-5-3-7-24-6-2-4-16/h4,10-12,18-19H,2-3,5-8H2,1H3,(H,15,17)(H,20,21)/t10-,11?,12+,14+/m0/s1. The van der Waals surface area contributed by atoms with Gasteiger partial charge in [-0.3, -0.25) is 4.79 Å². The van der Waals surface area contributed by atoms with Crippen molar-refractivity contribution in [3.8, 4) is 0 Å². The minimum atomic E-state index is -2.17. The van der Waals surface area contributed by atoms with Crippen molar-refractivity contribution < 1.29 is 39.2 Å². The van der Waals surface area contributed by atoms with Gasteiger partial charge in [-0.1, -0.05) is 0 Å². The van der Waals surface area contributed by atoms with Crippen LogP contribution in [0.25, 0.3) is 0 Å². The smallest absolute Gasteiger partial charge is 0.364 e. The van der Waals surface area contributed by atoms with E-state index >= 15 is 0 Å². The fraction of sp³-hybridized carbons (Fsp3) is 0.786. The molecule has 138 valence electrons. The number of hydrogen-bond donors (Lipinski definition) is 4. The number of aliphatic hydroxyl groups is 2. The first-order valence-electron chi connectivity index (χ1n) is 7.52. The molecule has 1 amide bonds. The van der Waals surface area contributed by atoms with Gasteiger partial charge in [0.15, 0.2) is 6.29 Å². The SMILES string of the molecule is CC(=O)NC1[C@H](O)O[C@@](OCCCSCCC=O)(C(=O)O)C[C@@H]1O. The Balaban J connectivity index is 2.55. The Labute approximate surface area is 143 Å². The zero-order valence-corrected chi connectivity index (χ0v) is 14.2. The van der Waals surface area contributed by atoms with Crippen LogP contribution in [0.1, 0.15) is 26.2 Å². The number of aliphatic hydroxyl groups excluding tert-OH is 2. The number of amides is 1. The van der Waals surface area contributed by atoms with E-state index in [9.17, 15) is 29.7 Å². The van der Waals surface area contributed by atoms with Crippen LogP contribution in [0, 0.1) is 0 Å². The third-order valence-corrected chi connectivity index (χ3v) is 4.46. The summed E-state index contributed by atoms with van der Waals surface area (Å²) in [6.07, 6.45) is -1.68. The average molecular weight is 365 g/mol. The number of aliphatic carboxylic acids is 1. The third-order valence-electron chi connectivity index (χ3n) is 3.35. The minimum Gasteiger partial charge on any atom is -0.477 e. The van der Waals surface area contributed by atoms with Crippen LogP contribution in [0.3, 0.4) is 0 Å². The lowest BCUT2D eigenvalue weighted by Gasteiger charge is -2.42. The molecule has 0 aliphatic carbocycles. The number of carbonyl (C=O) groups excluding carboxylic acids is 2. The fourth-order valence-electron chi connectivity index (χ4n) is 2.23. The quantitative estimate of drug-likeness (QED) is 0.286. The molecule has 0 bridgehead atoms. The van der Waals surface area contributed by atoms with Gasteiger partial charge in [0.2, 0.25) is 5.91 Å². The first-order valence-corrected chi connectivity index (χ1v) is 8.67. The molecule has 0 aromatic heterocycles. The number of rotatable bonds is 10. The van der Waals surface area contributed by atoms with Gasteiger partial charge in [-0.2, -0.15) is 11.8 Å². The number of nitrogens with one attached hydrogen (secondary N) is 1. The van der Waals surface area contributed by atoms with E-state index in [1.165, 1.54) is 18.7 Å². The fourth-order valence-corrected chi connectivity index (χ4v) is 3.02. The maximum absolute atomic E-state index is 11.5. The van der Waals surface area contributed by atoms with E-state index in [4.69, 9.17) is 9.47 Å². The summed E-state index contributed by atoms with van der Waals surface area (Å²) in [6, 6.07) is -1.13. The van der Waals surface area contributed by atoms with Crippen molar-refractivity contribution in [1.29, 1.82) is 0 Å². The maximum Gasteiger partial charge on any atom is 0.364 e. The normalized spacial score (nSPS) is 29.9. The van der Waals surface area contributed by atoms with Crippen molar-refractivity contribution >= 4 is 29.9 Å². The molecule has 1 fully saturated rings. The monoisotopic (exact) mass is 365 g/mol. The molecule has 1 aliphatic rings. The molecule has 4 atom stereocenters. The Hall–Kier alpha value is -1.20. The molecule has 24 heavy (non-hydrogen) atoms. The molecule has 4 N–H and O–H groups in total. The zero-order valence-electron chi connectivity index (χ0n) is 13.3. The van der Waals surface area contributed by atoms with Gasteiger partial charge in [0.05, 0.1) is 12.7 Å². The zero-order chi connectivity index (χ0) is 18.2. The summed E-state index contributed by atoms with van der Waals surface area (Å²) in [7, 11) is 0. The van der Waals surface area contributed by atoms with Gasteiger partial charge in [-0.25, -0.2) is 4.79 Å². The lowest BCUT2D eigenvalue weighted by molar-refractivity contribution is -0.332. The van der Waals surface area contributed by atoms with Gasteiger partial charge in [0.1, 0.15) is 12.3 Å². The highest BCUT2D eigenvalue weighted by molar-refractivity contribution is 7.99. The molecule has 1 heterocycles. The van der Waals surface area contributed by atoms with Crippen LogP contribution in [0.5, 0.6) is 0 Å². The molecule has 0 radical (unpaired) electrons. The van der Waals surface area contributed by atoms with E-state index in [1.54, 1.807) is 0 Å². The molecule has 9 nitrogen and oxygen atoms in total. The molecule has 1 rings (SSSR count). The van der Waals surface area contributed by atoms with Crippen molar-refractivity contribution in [2.24, 2.45) is 0 Å². The van der Waals surface area contributed by atoms with Crippen LogP contribution < -0.4 is 5.32 Å². The predicted molar refractivity (Wildman–Crippen MR) is 84.3 cm³/mol. The first-order chi connectivity index (χ1) is 11.3. The Bertz CT molecular complexity index is 434. The number of carboxylic acids is 1. The van der Waals surface area contributed by atoms with Gasteiger partial charge in [0.25, 0.3) is 5.79 Å². The summed E-state index contributed by atoms with van der Waals surface area (Å²) < 4.78 is 10.4. The first kappa shape index (κ1) is 20.8. The van der Waals surface area contributed by atoms with Gasteiger partial charge in [-0.15, -0.1) is 0 Å². The highest BCUT2D eigenvalue weighted by atomic mass is 32.2. The number of aldehydes is 1. The molecule has 0 aromatic carbocycles. The van der Waals surface area contributed by atoms with Crippen LogP contribution >= 0.6 is 11.8 Å². The lowest BCUT2D eigenvalue weighted by atomic mass is 9.97. The third kappa shape index (κ3) is 6.02. The van der Waals surface area contributed by atoms with Crippen molar-refractivity contribution in [1.82, 2.24) is 5.32 Å². The Morgan fingerprint density at radius 1 is 1.42 bits per heavy atom. The minimum absolute atomic E-state index is 0.0463. The number of carboxylic acid groups (broad SMARTS) is 1. The highest BCUT2D eigenvalue weighted by Crippen LogP contribution is 2.30. The second kappa shape index (κ2) is 9.94. The summed E-state index contributed by atoms with van der Waals surface area (Å²) in [5, 5.41) is 31.6. The van der Waals surface area contributed by atoms with Crippen molar-refractivity contribution in [2.75, 3.05) is 18.1 Å². The lowest BCUT2D eigenvalue weighted by Crippen LogP contribution is -2.63. The van der Waals surface area contributed by atoms with Crippen LogP contribution in [0.4, 0.5) is 0 Å². The summed E-state index contributed by atoms with van der Waals surface area (Å²) in [4.78, 5) is 32.7. The Morgan fingerprint density at radius 3 is 2.67 bits per heavy atom. The maximum atomic E-state index is 11.5. The second-order valence-corrected chi connectivity index (χ2v) is 6.56. The topological polar surface area (TPSA) is 142 Å². The Morgan fingerprint density at radius 2 is 2.12 bits per heavy atom. The second-order valence-electron chi connectivity index (χ2n) is 5.33. The number of thioether (sulfide) groups is 1. The van der Waals surface area contributed by atoms with E-state index in [-0.39, 0.29) is 6.61 Å². The van der Waals surface area contributed by atoms with Gasteiger partial charge >= 0.3 is 5.97 Å².